The molecule has 4 rings (SSSR count). The third-order valence-corrected chi connectivity index (χ3v) is 4.31. The van der Waals surface area contributed by atoms with Crippen molar-refractivity contribution in [1.29, 1.82) is 0 Å². The van der Waals surface area contributed by atoms with Crippen LogP contribution in [0.15, 0.2) is 72.8 Å². The lowest BCUT2D eigenvalue weighted by Gasteiger charge is -2.10. The standard InChI is InChI=1S/C20H15N5O2/c1-14-6-8-15(9-7-14)18-4-2-3-5-19(18)20-21-22-23-24(20)16-10-12-17(13-11-16)25(26)27/h2-13H,1H3. The molecule has 0 atom stereocenters. The van der Waals surface area contributed by atoms with Crippen LogP contribution in [0.5, 0.6) is 0 Å². The van der Waals surface area contributed by atoms with Gasteiger partial charge in [0, 0.05) is 17.7 Å². The number of aromatic nitrogens is 4. The van der Waals surface area contributed by atoms with Gasteiger partial charge in [-0.15, -0.1) is 5.10 Å². The molecule has 7 nitrogen and oxygen atoms in total. The smallest absolute Gasteiger partial charge is 0.258 e. The van der Waals surface area contributed by atoms with Gasteiger partial charge in [0.05, 0.1) is 10.6 Å². The van der Waals surface area contributed by atoms with Crippen LogP contribution in [0.25, 0.3) is 28.2 Å². The number of hydrogen-bond donors (Lipinski definition) is 0. The van der Waals surface area contributed by atoms with Crippen LogP contribution < -0.4 is 0 Å². The van der Waals surface area contributed by atoms with Gasteiger partial charge in [0.2, 0.25) is 0 Å². The molecular formula is C20H15N5O2. The SMILES string of the molecule is Cc1ccc(-c2ccccc2-c2nnnn2-c2ccc([N+](=O)[O-])cc2)cc1. The molecule has 0 amide bonds. The van der Waals surface area contributed by atoms with Crippen molar-refractivity contribution in [2.24, 2.45) is 0 Å². The quantitative estimate of drug-likeness (QED) is 0.403. The van der Waals surface area contributed by atoms with Crippen molar-refractivity contribution in [2.75, 3.05) is 0 Å². The zero-order valence-electron chi connectivity index (χ0n) is 14.5. The van der Waals surface area contributed by atoms with Crippen LogP contribution in [-0.2, 0) is 0 Å². The van der Waals surface area contributed by atoms with Gasteiger partial charge in [-0.2, -0.15) is 4.68 Å². The van der Waals surface area contributed by atoms with Gasteiger partial charge in [0.25, 0.3) is 5.69 Å². The molecule has 0 fully saturated rings. The summed E-state index contributed by atoms with van der Waals surface area (Å²) < 4.78 is 1.58. The number of hydrogen-bond acceptors (Lipinski definition) is 5. The number of nitro benzene ring substituents is 1. The second-order valence-electron chi connectivity index (χ2n) is 6.10. The van der Waals surface area contributed by atoms with Gasteiger partial charge in [0.15, 0.2) is 5.82 Å². The van der Waals surface area contributed by atoms with Gasteiger partial charge < -0.3 is 0 Å². The van der Waals surface area contributed by atoms with Gasteiger partial charge in [0.1, 0.15) is 0 Å². The molecule has 0 bridgehead atoms. The van der Waals surface area contributed by atoms with E-state index in [1.54, 1.807) is 16.8 Å². The Kier molecular flexibility index (Phi) is 4.18. The molecule has 0 spiro atoms. The second kappa shape index (κ2) is 6.80. The Balaban J connectivity index is 1.81. The van der Waals surface area contributed by atoms with Crippen LogP contribution in [0.4, 0.5) is 5.69 Å². The van der Waals surface area contributed by atoms with E-state index in [1.165, 1.54) is 17.7 Å². The highest BCUT2D eigenvalue weighted by atomic mass is 16.6. The Morgan fingerprint density at radius 2 is 1.56 bits per heavy atom. The van der Waals surface area contributed by atoms with Crippen molar-refractivity contribution < 1.29 is 4.92 Å². The van der Waals surface area contributed by atoms with Gasteiger partial charge >= 0.3 is 0 Å². The normalized spacial score (nSPS) is 10.7. The molecule has 27 heavy (non-hydrogen) atoms. The Labute approximate surface area is 155 Å². The second-order valence-corrected chi connectivity index (χ2v) is 6.10. The fourth-order valence-corrected chi connectivity index (χ4v) is 2.91. The summed E-state index contributed by atoms with van der Waals surface area (Å²) in [4.78, 5) is 10.4. The molecule has 0 unspecified atom stereocenters. The Morgan fingerprint density at radius 1 is 0.889 bits per heavy atom. The molecule has 0 saturated heterocycles. The predicted molar refractivity (Wildman–Crippen MR) is 101 cm³/mol. The molecular weight excluding hydrogens is 342 g/mol. The number of rotatable bonds is 4. The van der Waals surface area contributed by atoms with Gasteiger partial charge in [-0.05, 0) is 40.6 Å². The number of nitro groups is 1. The van der Waals surface area contributed by atoms with Crippen LogP contribution in [0.1, 0.15) is 5.56 Å². The molecule has 0 aliphatic carbocycles. The first-order chi connectivity index (χ1) is 13.1. The molecule has 1 aromatic heterocycles. The van der Waals surface area contributed by atoms with Crippen LogP contribution in [0, 0.1) is 17.0 Å². The minimum atomic E-state index is -0.434. The number of nitrogens with zero attached hydrogens (tertiary/aromatic N) is 5. The summed E-state index contributed by atoms with van der Waals surface area (Å²) in [5.74, 6) is 0.569. The largest absolute Gasteiger partial charge is 0.269 e. The topological polar surface area (TPSA) is 86.7 Å². The van der Waals surface area contributed by atoms with Gasteiger partial charge in [-0.3, -0.25) is 10.1 Å². The van der Waals surface area contributed by atoms with Crippen LogP contribution in [0.3, 0.4) is 0 Å². The van der Waals surface area contributed by atoms with Crippen molar-refractivity contribution in [3.8, 4) is 28.2 Å². The molecule has 0 N–H and O–H groups in total. The lowest BCUT2D eigenvalue weighted by atomic mass is 9.98. The molecule has 0 aliphatic rings. The minimum Gasteiger partial charge on any atom is -0.258 e. The summed E-state index contributed by atoms with van der Waals surface area (Å²) in [6.45, 7) is 2.05. The molecule has 132 valence electrons. The van der Waals surface area contributed by atoms with E-state index in [9.17, 15) is 10.1 Å². The highest BCUT2D eigenvalue weighted by molar-refractivity contribution is 5.81. The summed E-state index contributed by atoms with van der Waals surface area (Å²) in [6, 6.07) is 22.3. The van der Waals surface area contributed by atoms with E-state index in [4.69, 9.17) is 0 Å². The summed E-state index contributed by atoms with van der Waals surface area (Å²) >= 11 is 0. The minimum absolute atomic E-state index is 0.0217. The predicted octanol–water partition coefficient (Wildman–Crippen LogP) is 4.21. The maximum atomic E-state index is 10.9. The van der Waals surface area contributed by atoms with Gasteiger partial charge in [-0.25, -0.2) is 0 Å². The first-order valence-corrected chi connectivity index (χ1v) is 8.33. The Morgan fingerprint density at radius 3 is 2.22 bits per heavy atom. The molecule has 4 aromatic rings. The first kappa shape index (κ1) is 16.6. The summed E-state index contributed by atoms with van der Waals surface area (Å²) in [6.07, 6.45) is 0. The van der Waals surface area contributed by atoms with Crippen LogP contribution in [0.2, 0.25) is 0 Å². The van der Waals surface area contributed by atoms with E-state index in [1.807, 2.05) is 31.2 Å². The highest BCUT2D eigenvalue weighted by Crippen LogP contribution is 2.31. The van der Waals surface area contributed by atoms with Crippen LogP contribution >= 0.6 is 0 Å². The van der Waals surface area contributed by atoms with Crippen molar-refractivity contribution in [3.63, 3.8) is 0 Å². The summed E-state index contributed by atoms with van der Waals surface area (Å²) in [5, 5.41) is 22.9. The van der Waals surface area contributed by atoms with E-state index in [-0.39, 0.29) is 5.69 Å². The zero-order chi connectivity index (χ0) is 18.8. The van der Waals surface area contributed by atoms with Crippen molar-refractivity contribution >= 4 is 5.69 Å². The average Bonchev–Trinajstić information content (AvgIpc) is 3.18. The number of non-ortho nitro benzene ring substituents is 1. The van der Waals surface area contributed by atoms with Gasteiger partial charge in [-0.1, -0.05) is 54.1 Å². The third-order valence-electron chi connectivity index (χ3n) is 4.31. The summed E-state index contributed by atoms with van der Waals surface area (Å²) in [7, 11) is 0. The number of aryl methyl sites for hydroxylation is 1. The Hall–Kier alpha value is -3.87. The monoisotopic (exact) mass is 357 g/mol. The molecule has 0 aliphatic heterocycles. The van der Waals surface area contributed by atoms with E-state index in [2.05, 4.69) is 39.8 Å². The van der Waals surface area contributed by atoms with E-state index in [0.29, 0.717) is 11.5 Å². The molecule has 3 aromatic carbocycles. The first-order valence-electron chi connectivity index (χ1n) is 8.33. The summed E-state index contributed by atoms with van der Waals surface area (Å²) in [5.41, 5.74) is 4.81. The maximum absolute atomic E-state index is 10.9. The van der Waals surface area contributed by atoms with Crippen molar-refractivity contribution in [2.45, 2.75) is 6.92 Å². The fraction of sp³-hybridized carbons (Fsp3) is 0.0500. The molecule has 1 heterocycles. The number of tetrazole rings is 1. The molecule has 0 radical (unpaired) electrons. The lowest BCUT2D eigenvalue weighted by molar-refractivity contribution is -0.384. The molecule has 0 saturated carbocycles. The van der Waals surface area contributed by atoms with E-state index in [0.717, 1.165) is 16.7 Å². The molecule has 7 heteroatoms. The highest BCUT2D eigenvalue weighted by Gasteiger charge is 2.16. The number of benzene rings is 3. The third kappa shape index (κ3) is 3.18. The van der Waals surface area contributed by atoms with Crippen molar-refractivity contribution in [1.82, 2.24) is 20.2 Å². The maximum Gasteiger partial charge on any atom is 0.269 e. The average molecular weight is 357 g/mol. The fourth-order valence-electron chi connectivity index (χ4n) is 2.91. The van der Waals surface area contributed by atoms with E-state index >= 15 is 0 Å². The zero-order valence-corrected chi connectivity index (χ0v) is 14.5. The van der Waals surface area contributed by atoms with E-state index < -0.39 is 4.92 Å². The lowest BCUT2D eigenvalue weighted by Crippen LogP contribution is -2.01. The van der Waals surface area contributed by atoms with Crippen molar-refractivity contribution in [3.05, 3.63) is 88.5 Å². The Bertz CT molecular complexity index is 1100. The van der Waals surface area contributed by atoms with Crippen LogP contribution in [-0.4, -0.2) is 25.1 Å².